The first-order valence-corrected chi connectivity index (χ1v) is 10.5. The summed E-state index contributed by atoms with van der Waals surface area (Å²) in [6.07, 6.45) is 0.110. The number of aliphatic carboxylic acids is 1. The summed E-state index contributed by atoms with van der Waals surface area (Å²) in [6.45, 7) is 8.20. The molecule has 6 heteroatoms. The Morgan fingerprint density at radius 1 is 0.871 bits per heavy atom. The van der Waals surface area contributed by atoms with Crippen molar-refractivity contribution in [1.29, 1.82) is 0 Å². The Hall–Kier alpha value is -3.15. The first-order chi connectivity index (χ1) is 14.6. The Balaban J connectivity index is 1.85. The molecule has 2 aromatic carbocycles. The minimum atomic E-state index is -1.10. The molecular formula is C25H32N2O4. The number of benzene rings is 2. The van der Waals surface area contributed by atoms with Gasteiger partial charge in [0.05, 0.1) is 6.04 Å². The van der Waals surface area contributed by atoms with Gasteiger partial charge in [-0.1, -0.05) is 75.4 Å². The van der Waals surface area contributed by atoms with Crippen LogP contribution in [-0.2, 0) is 26.2 Å². The smallest absolute Gasteiger partial charge is 0.326 e. The van der Waals surface area contributed by atoms with E-state index in [0.29, 0.717) is 0 Å². The molecule has 0 aliphatic heterocycles. The van der Waals surface area contributed by atoms with Gasteiger partial charge in [0.2, 0.25) is 11.8 Å². The molecule has 2 atom stereocenters. The summed E-state index contributed by atoms with van der Waals surface area (Å²) in [4.78, 5) is 36.0. The van der Waals surface area contributed by atoms with E-state index in [0.717, 1.165) is 16.7 Å². The fourth-order valence-electron chi connectivity index (χ4n) is 3.21. The Morgan fingerprint density at radius 3 is 1.94 bits per heavy atom. The molecule has 166 valence electrons. The van der Waals surface area contributed by atoms with Crippen LogP contribution in [-0.4, -0.2) is 28.9 Å². The average Bonchev–Trinajstić information content (AvgIpc) is 2.72. The van der Waals surface area contributed by atoms with Crippen LogP contribution >= 0.6 is 0 Å². The van der Waals surface area contributed by atoms with Crippen LogP contribution in [0, 0.1) is 0 Å². The molecular weight excluding hydrogens is 392 g/mol. The molecule has 2 rings (SSSR count). The van der Waals surface area contributed by atoms with Gasteiger partial charge in [-0.25, -0.2) is 4.79 Å². The molecule has 0 aliphatic rings. The lowest BCUT2D eigenvalue weighted by atomic mass is 9.86. The summed E-state index contributed by atoms with van der Waals surface area (Å²) in [5.41, 5.74) is 2.97. The van der Waals surface area contributed by atoms with E-state index in [4.69, 9.17) is 0 Å². The van der Waals surface area contributed by atoms with Crippen LogP contribution in [0.1, 0.15) is 63.3 Å². The molecule has 0 heterocycles. The summed E-state index contributed by atoms with van der Waals surface area (Å²) >= 11 is 0. The fraction of sp³-hybridized carbons (Fsp3) is 0.400. The van der Waals surface area contributed by atoms with Crippen LogP contribution in [0.4, 0.5) is 0 Å². The third kappa shape index (κ3) is 7.89. The van der Waals surface area contributed by atoms with Crippen molar-refractivity contribution < 1.29 is 19.5 Å². The second-order valence-electron chi connectivity index (χ2n) is 8.81. The lowest BCUT2D eigenvalue weighted by Crippen LogP contribution is -2.42. The Morgan fingerprint density at radius 2 is 1.42 bits per heavy atom. The van der Waals surface area contributed by atoms with Gasteiger partial charge in [0, 0.05) is 19.3 Å². The summed E-state index contributed by atoms with van der Waals surface area (Å²) < 4.78 is 0. The molecule has 0 radical (unpaired) electrons. The maximum atomic E-state index is 12.2. The second kappa shape index (κ2) is 10.8. The van der Waals surface area contributed by atoms with Crippen LogP contribution in [0.5, 0.6) is 0 Å². The van der Waals surface area contributed by atoms with Crippen molar-refractivity contribution in [2.75, 3.05) is 0 Å². The van der Waals surface area contributed by atoms with E-state index in [9.17, 15) is 19.5 Å². The van der Waals surface area contributed by atoms with Gasteiger partial charge in [-0.15, -0.1) is 0 Å². The van der Waals surface area contributed by atoms with E-state index in [2.05, 4.69) is 31.4 Å². The molecule has 0 unspecified atom stereocenters. The maximum Gasteiger partial charge on any atom is 0.326 e. The molecule has 0 aromatic heterocycles. The van der Waals surface area contributed by atoms with Crippen molar-refractivity contribution >= 4 is 17.8 Å². The summed E-state index contributed by atoms with van der Waals surface area (Å²) in [5.74, 6) is -1.81. The average molecular weight is 425 g/mol. The van der Waals surface area contributed by atoms with Crippen LogP contribution in [0.25, 0.3) is 0 Å². The van der Waals surface area contributed by atoms with Crippen LogP contribution in [0.15, 0.2) is 54.6 Å². The van der Waals surface area contributed by atoms with Gasteiger partial charge in [0.1, 0.15) is 6.04 Å². The molecule has 0 saturated carbocycles. The van der Waals surface area contributed by atoms with Crippen LogP contribution < -0.4 is 10.6 Å². The number of amides is 2. The number of nitrogens with one attached hydrogen (secondary N) is 2. The van der Waals surface area contributed by atoms with E-state index < -0.39 is 17.9 Å². The topological polar surface area (TPSA) is 95.5 Å². The first kappa shape index (κ1) is 24.1. The minimum Gasteiger partial charge on any atom is -0.480 e. The molecule has 0 spiro atoms. The zero-order chi connectivity index (χ0) is 23.0. The molecule has 2 amide bonds. The lowest BCUT2D eigenvalue weighted by Gasteiger charge is -2.20. The van der Waals surface area contributed by atoms with Gasteiger partial charge < -0.3 is 15.7 Å². The van der Waals surface area contributed by atoms with Gasteiger partial charge in [0.25, 0.3) is 0 Å². The molecule has 2 aromatic rings. The Labute approximate surface area is 184 Å². The molecule has 0 aliphatic carbocycles. The molecule has 0 bridgehead atoms. The highest BCUT2D eigenvalue weighted by atomic mass is 16.4. The van der Waals surface area contributed by atoms with Crippen molar-refractivity contribution in [1.82, 2.24) is 10.6 Å². The largest absolute Gasteiger partial charge is 0.480 e. The van der Waals surface area contributed by atoms with Crippen molar-refractivity contribution in [2.24, 2.45) is 0 Å². The van der Waals surface area contributed by atoms with Crippen LogP contribution in [0.3, 0.4) is 0 Å². The monoisotopic (exact) mass is 424 g/mol. The van der Waals surface area contributed by atoms with Crippen molar-refractivity contribution in [2.45, 2.75) is 64.5 Å². The highest BCUT2D eigenvalue weighted by molar-refractivity contribution is 5.87. The molecule has 31 heavy (non-hydrogen) atoms. The third-order valence-corrected chi connectivity index (χ3v) is 5.15. The van der Waals surface area contributed by atoms with Gasteiger partial charge in [-0.3, -0.25) is 9.59 Å². The third-order valence-electron chi connectivity index (χ3n) is 5.15. The van der Waals surface area contributed by atoms with E-state index in [1.807, 2.05) is 61.5 Å². The van der Waals surface area contributed by atoms with Crippen molar-refractivity contribution in [3.8, 4) is 0 Å². The quantitative estimate of drug-likeness (QED) is 0.571. The van der Waals surface area contributed by atoms with Gasteiger partial charge in [-0.2, -0.15) is 0 Å². The summed E-state index contributed by atoms with van der Waals surface area (Å²) in [5, 5.41) is 14.9. The van der Waals surface area contributed by atoms with Gasteiger partial charge in [0.15, 0.2) is 0 Å². The number of hydrogen-bond donors (Lipinski definition) is 3. The number of carboxylic acids is 1. The normalized spacial score (nSPS) is 13.2. The predicted octanol–water partition coefficient (Wildman–Crippen LogP) is 3.75. The highest BCUT2D eigenvalue weighted by Crippen LogP contribution is 2.22. The zero-order valence-electron chi connectivity index (χ0n) is 18.6. The van der Waals surface area contributed by atoms with Crippen LogP contribution in [0.2, 0.25) is 0 Å². The van der Waals surface area contributed by atoms with E-state index in [1.54, 1.807) is 0 Å². The SMILES string of the molecule is C[C@@H](NC(=O)CCC(=O)N[C@@H](Cc1ccc(C(C)(C)C)cc1)C(=O)O)c1ccccc1. The molecule has 0 fully saturated rings. The Kier molecular flexibility index (Phi) is 8.37. The summed E-state index contributed by atoms with van der Waals surface area (Å²) in [7, 11) is 0. The van der Waals surface area contributed by atoms with E-state index >= 15 is 0 Å². The van der Waals surface area contributed by atoms with Crippen molar-refractivity contribution in [3.63, 3.8) is 0 Å². The summed E-state index contributed by atoms with van der Waals surface area (Å²) in [6, 6.07) is 16.1. The molecule has 6 nitrogen and oxygen atoms in total. The number of carbonyl (C=O) groups is 3. The van der Waals surface area contributed by atoms with Gasteiger partial charge in [-0.05, 0) is 29.0 Å². The number of rotatable bonds is 9. The minimum absolute atomic E-state index is 0.00434. The fourth-order valence-corrected chi connectivity index (χ4v) is 3.21. The maximum absolute atomic E-state index is 12.2. The van der Waals surface area contributed by atoms with E-state index in [-0.39, 0.29) is 36.6 Å². The lowest BCUT2D eigenvalue weighted by molar-refractivity contribution is -0.141. The Bertz CT molecular complexity index is 886. The molecule has 0 saturated heterocycles. The zero-order valence-corrected chi connectivity index (χ0v) is 18.6. The standard InChI is InChI=1S/C25H32N2O4/c1-17(19-8-6-5-7-9-19)26-22(28)14-15-23(29)27-21(24(30)31)16-18-10-12-20(13-11-18)25(2,3)4/h5-13,17,21H,14-16H2,1-4H3,(H,26,28)(H,27,29)(H,30,31)/t17-,21+/m1/s1. The number of carbonyl (C=O) groups excluding carboxylic acids is 2. The second-order valence-corrected chi connectivity index (χ2v) is 8.81. The van der Waals surface area contributed by atoms with Gasteiger partial charge >= 0.3 is 5.97 Å². The molecule has 3 N–H and O–H groups in total. The highest BCUT2D eigenvalue weighted by Gasteiger charge is 2.21. The van der Waals surface area contributed by atoms with E-state index in [1.165, 1.54) is 0 Å². The number of hydrogen-bond acceptors (Lipinski definition) is 3. The van der Waals surface area contributed by atoms with Crippen molar-refractivity contribution in [3.05, 3.63) is 71.3 Å². The number of carboxylic acid groups (broad SMARTS) is 1. The predicted molar refractivity (Wildman–Crippen MR) is 121 cm³/mol. The first-order valence-electron chi connectivity index (χ1n) is 10.5.